The molecule has 1 spiro atoms. The maximum absolute atomic E-state index is 5.77. The summed E-state index contributed by atoms with van der Waals surface area (Å²) in [7, 11) is 0. The van der Waals surface area contributed by atoms with Crippen molar-refractivity contribution in [3.05, 3.63) is 17.3 Å². The lowest BCUT2D eigenvalue weighted by molar-refractivity contribution is 0.154. The first-order valence-corrected chi connectivity index (χ1v) is 7.10. The number of rotatable bonds is 1. The second-order valence-corrected chi connectivity index (χ2v) is 5.84. The minimum atomic E-state index is 0.464. The van der Waals surface area contributed by atoms with Gasteiger partial charge in [0, 0.05) is 13.1 Å². The molecule has 0 unspecified atom stereocenters. The molecule has 0 atom stereocenters. The van der Waals surface area contributed by atoms with Gasteiger partial charge in [0.2, 0.25) is 0 Å². The van der Waals surface area contributed by atoms with E-state index >= 15 is 0 Å². The number of anilines is 1. The highest BCUT2D eigenvalue weighted by Gasteiger charge is 2.35. The Labute approximate surface area is 113 Å². The SMILES string of the molecule is Clc1ccc(N2CCC3(CCNCC3)CC2)nn1. The molecule has 3 rings (SSSR count). The normalized spacial score (nSPS) is 23.3. The zero-order chi connectivity index (χ0) is 12.4. The minimum Gasteiger partial charge on any atom is -0.355 e. The van der Waals surface area contributed by atoms with Crippen LogP contribution in [0.4, 0.5) is 5.82 Å². The van der Waals surface area contributed by atoms with E-state index in [0.29, 0.717) is 10.6 Å². The molecule has 0 bridgehead atoms. The van der Waals surface area contributed by atoms with Crippen LogP contribution in [-0.4, -0.2) is 36.4 Å². The van der Waals surface area contributed by atoms with Crippen LogP contribution in [0.1, 0.15) is 25.7 Å². The lowest BCUT2D eigenvalue weighted by Crippen LogP contribution is -2.45. The van der Waals surface area contributed by atoms with E-state index in [2.05, 4.69) is 20.4 Å². The molecule has 0 aliphatic carbocycles. The van der Waals surface area contributed by atoms with Gasteiger partial charge in [-0.1, -0.05) is 11.6 Å². The van der Waals surface area contributed by atoms with Gasteiger partial charge in [-0.25, -0.2) is 0 Å². The predicted molar refractivity (Wildman–Crippen MR) is 73.0 cm³/mol. The maximum Gasteiger partial charge on any atom is 0.151 e. The van der Waals surface area contributed by atoms with Gasteiger partial charge in [0.1, 0.15) is 0 Å². The third-order valence-corrected chi connectivity index (χ3v) is 4.63. The molecule has 2 saturated heterocycles. The van der Waals surface area contributed by atoms with Gasteiger partial charge in [-0.05, 0) is 56.3 Å². The van der Waals surface area contributed by atoms with Gasteiger partial charge in [0.05, 0.1) is 0 Å². The van der Waals surface area contributed by atoms with Crippen LogP contribution in [0.25, 0.3) is 0 Å². The first-order chi connectivity index (χ1) is 8.77. The van der Waals surface area contributed by atoms with Gasteiger partial charge in [0.25, 0.3) is 0 Å². The molecule has 4 nitrogen and oxygen atoms in total. The Morgan fingerprint density at radius 3 is 2.39 bits per heavy atom. The summed E-state index contributed by atoms with van der Waals surface area (Å²) in [5, 5.41) is 12.0. The van der Waals surface area contributed by atoms with E-state index in [1.165, 1.54) is 38.8 Å². The average molecular weight is 267 g/mol. The summed E-state index contributed by atoms with van der Waals surface area (Å²) in [5.74, 6) is 0.961. The third-order valence-electron chi connectivity index (χ3n) is 4.43. The molecule has 1 N–H and O–H groups in total. The highest BCUT2D eigenvalue weighted by atomic mass is 35.5. The zero-order valence-corrected chi connectivity index (χ0v) is 11.3. The van der Waals surface area contributed by atoms with Crippen LogP contribution in [0.15, 0.2) is 12.1 Å². The highest BCUT2D eigenvalue weighted by molar-refractivity contribution is 6.29. The first kappa shape index (κ1) is 12.2. The van der Waals surface area contributed by atoms with Crippen molar-refractivity contribution in [3.8, 4) is 0 Å². The molecule has 2 aliphatic rings. The molecule has 5 heteroatoms. The van der Waals surface area contributed by atoms with Crippen LogP contribution in [0.5, 0.6) is 0 Å². The number of piperidine rings is 2. The molecule has 98 valence electrons. The van der Waals surface area contributed by atoms with E-state index in [1.807, 2.05) is 12.1 Å². The van der Waals surface area contributed by atoms with Crippen molar-refractivity contribution in [2.75, 3.05) is 31.1 Å². The molecule has 0 amide bonds. The number of nitrogens with one attached hydrogen (secondary N) is 1. The first-order valence-electron chi connectivity index (χ1n) is 6.72. The lowest BCUT2D eigenvalue weighted by Gasteiger charge is -2.44. The number of aromatic nitrogens is 2. The molecule has 3 heterocycles. The molecule has 18 heavy (non-hydrogen) atoms. The van der Waals surface area contributed by atoms with Crippen molar-refractivity contribution in [2.45, 2.75) is 25.7 Å². The fraction of sp³-hybridized carbons (Fsp3) is 0.692. The summed E-state index contributed by atoms with van der Waals surface area (Å²) in [6.45, 7) is 4.55. The molecule has 0 saturated carbocycles. The van der Waals surface area contributed by atoms with Crippen molar-refractivity contribution in [1.82, 2.24) is 15.5 Å². The van der Waals surface area contributed by atoms with Gasteiger partial charge >= 0.3 is 0 Å². The number of hydrogen-bond donors (Lipinski definition) is 1. The quantitative estimate of drug-likeness (QED) is 0.845. The fourth-order valence-corrected chi connectivity index (χ4v) is 3.25. The Hall–Kier alpha value is -0.870. The van der Waals surface area contributed by atoms with Crippen LogP contribution in [-0.2, 0) is 0 Å². The number of nitrogens with zero attached hydrogens (tertiary/aromatic N) is 3. The fourth-order valence-electron chi connectivity index (χ4n) is 3.14. The molecule has 0 radical (unpaired) electrons. The Kier molecular flexibility index (Phi) is 3.39. The number of halogens is 1. The van der Waals surface area contributed by atoms with E-state index in [-0.39, 0.29) is 0 Å². The van der Waals surface area contributed by atoms with Gasteiger partial charge in [-0.15, -0.1) is 10.2 Å². The largest absolute Gasteiger partial charge is 0.355 e. The highest BCUT2D eigenvalue weighted by Crippen LogP contribution is 2.40. The van der Waals surface area contributed by atoms with Crippen molar-refractivity contribution in [2.24, 2.45) is 5.41 Å². The van der Waals surface area contributed by atoms with Gasteiger partial charge in [0.15, 0.2) is 11.0 Å². The van der Waals surface area contributed by atoms with Crippen LogP contribution in [0.2, 0.25) is 5.15 Å². The predicted octanol–water partition coefficient (Wildman–Crippen LogP) is 2.10. The van der Waals surface area contributed by atoms with Gasteiger partial charge in [-0.3, -0.25) is 0 Å². The Bertz CT molecular complexity index is 390. The maximum atomic E-state index is 5.77. The van der Waals surface area contributed by atoms with Crippen LogP contribution >= 0.6 is 11.6 Å². The Morgan fingerprint density at radius 1 is 1.06 bits per heavy atom. The number of hydrogen-bond acceptors (Lipinski definition) is 4. The van der Waals surface area contributed by atoms with Crippen LogP contribution < -0.4 is 10.2 Å². The van der Waals surface area contributed by atoms with Crippen LogP contribution in [0.3, 0.4) is 0 Å². The van der Waals surface area contributed by atoms with Gasteiger partial charge < -0.3 is 10.2 Å². The van der Waals surface area contributed by atoms with Crippen molar-refractivity contribution >= 4 is 17.4 Å². The van der Waals surface area contributed by atoms with Crippen molar-refractivity contribution in [1.29, 1.82) is 0 Å². The molecule has 2 fully saturated rings. The Morgan fingerprint density at radius 2 is 1.78 bits per heavy atom. The summed E-state index contributed by atoms with van der Waals surface area (Å²) < 4.78 is 0. The summed E-state index contributed by atoms with van der Waals surface area (Å²) in [4.78, 5) is 2.33. The molecule has 1 aromatic rings. The van der Waals surface area contributed by atoms with E-state index in [9.17, 15) is 0 Å². The monoisotopic (exact) mass is 266 g/mol. The topological polar surface area (TPSA) is 41.0 Å². The van der Waals surface area contributed by atoms with E-state index < -0.39 is 0 Å². The summed E-state index contributed by atoms with van der Waals surface area (Å²) in [5.41, 5.74) is 0.585. The van der Waals surface area contributed by atoms with E-state index in [4.69, 9.17) is 11.6 Å². The van der Waals surface area contributed by atoms with E-state index in [1.54, 1.807) is 0 Å². The van der Waals surface area contributed by atoms with E-state index in [0.717, 1.165) is 18.9 Å². The summed E-state index contributed by atoms with van der Waals surface area (Å²) in [6, 6.07) is 3.79. The second kappa shape index (κ2) is 5.02. The average Bonchev–Trinajstić information content (AvgIpc) is 2.42. The summed E-state index contributed by atoms with van der Waals surface area (Å²) >= 11 is 5.77. The molecular formula is C13H19ClN4. The lowest BCUT2D eigenvalue weighted by atomic mass is 9.71. The Balaban J connectivity index is 1.64. The smallest absolute Gasteiger partial charge is 0.151 e. The zero-order valence-electron chi connectivity index (χ0n) is 10.5. The summed E-state index contributed by atoms with van der Waals surface area (Å²) in [6.07, 6.45) is 5.21. The van der Waals surface area contributed by atoms with Crippen molar-refractivity contribution < 1.29 is 0 Å². The molecule has 2 aliphatic heterocycles. The molecular weight excluding hydrogens is 248 g/mol. The molecule has 1 aromatic heterocycles. The standard InChI is InChI=1S/C13H19ClN4/c14-11-1-2-12(17-16-11)18-9-5-13(6-10-18)3-7-15-8-4-13/h1-2,15H,3-10H2. The molecule has 0 aromatic carbocycles. The van der Waals surface area contributed by atoms with Gasteiger partial charge in [-0.2, -0.15) is 0 Å². The third kappa shape index (κ3) is 2.45. The second-order valence-electron chi connectivity index (χ2n) is 5.45. The minimum absolute atomic E-state index is 0.464. The van der Waals surface area contributed by atoms with Crippen molar-refractivity contribution in [3.63, 3.8) is 0 Å². The van der Waals surface area contributed by atoms with Crippen LogP contribution in [0, 0.1) is 5.41 Å².